The maximum absolute atomic E-state index is 14.8. The topological polar surface area (TPSA) is 339 Å². The lowest BCUT2D eigenvalue weighted by Crippen LogP contribution is -2.44. The van der Waals surface area contributed by atoms with Gasteiger partial charge in [0, 0.05) is 92.6 Å². The van der Waals surface area contributed by atoms with E-state index in [4.69, 9.17) is 19.3 Å². The highest BCUT2D eigenvalue weighted by Crippen LogP contribution is 2.41. The Morgan fingerprint density at radius 2 is 0.822 bits per heavy atom. The van der Waals surface area contributed by atoms with Crippen molar-refractivity contribution in [2.75, 3.05) is 68.8 Å². The number of hydrogen-bond donors (Lipinski definition) is 7. The second-order valence-corrected chi connectivity index (χ2v) is 31.9. The van der Waals surface area contributed by atoms with E-state index in [1.54, 1.807) is 143 Å². The van der Waals surface area contributed by atoms with Crippen molar-refractivity contribution >= 4 is 67.4 Å². The molecule has 0 bridgehead atoms. The number of piperidine rings is 1. The maximum atomic E-state index is 14.8. The molecule has 7 N–H and O–H groups in total. The number of rotatable bonds is 25. The number of ether oxygens (including phenoxy) is 3. The molecule has 1 saturated heterocycles. The highest BCUT2D eigenvalue weighted by Gasteiger charge is 2.37. The lowest BCUT2D eigenvalue weighted by Gasteiger charge is -2.36. The Hall–Kier alpha value is -14.7. The van der Waals surface area contributed by atoms with Crippen molar-refractivity contribution in [2.45, 2.75) is 110 Å². The number of halogens is 12. The molecular weight excluding hydrogens is 1780 g/mol. The Morgan fingerprint density at radius 3 is 1.25 bits per heavy atom. The number of aromatic nitrogens is 14. The molecule has 0 spiro atoms. The van der Waals surface area contributed by atoms with Crippen LogP contribution in [0, 0.1) is 37.1 Å². The minimum atomic E-state index is -2.95. The number of benzene rings is 5. The van der Waals surface area contributed by atoms with Gasteiger partial charge in [-0.3, -0.25) is 37.4 Å². The largest absolute Gasteiger partial charge is 0.493 e. The number of H-pyrrole nitrogens is 1. The molecule has 4 atom stereocenters. The van der Waals surface area contributed by atoms with Gasteiger partial charge >= 0.3 is 0 Å². The number of hydrogen-bond acceptors (Lipinski definition) is 23. The van der Waals surface area contributed by atoms with E-state index >= 15 is 0 Å². The van der Waals surface area contributed by atoms with Crippen LogP contribution in [0.3, 0.4) is 0 Å². The van der Waals surface area contributed by atoms with E-state index < -0.39 is 101 Å². The fourth-order valence-corrected chi connectivity index (χ4v) is 15.8. The molecule has 16 rings (SSSR count). The van der Waals surface area contributed by atoms with E-state index in [2.05, 4.69) is 76.0 Å². The quantitative estimate of drug-likeness (QED) is 0.0261. The molecule has 5 aromatic carbocycles. The third-order valence-electron chi connectivity index (χ3n) is 23.1. The van der Waals surface area contributed by atoms with E-state index in [0.717, 1.165) is 24.3 Å². The Balaban J connectivity index is 0.000000153. The Morgan fingerprint density at radius 1 is 0.430 bits per heavy atom. The van der Waals surface area contributed by atoms with E-state index in [1.807, 2.05) is 7.05 Å². The second-order valence-electron chi connectivity index (χ2n) is 31.9. The van der Waals surface area contributed by atoms with E-state index in [1.165, 1.54) is 99.9 Å². The monoisotopic (exact) mass is 1870 g/mol. The standard InChI is InChI=1S/C25H24F3N5O3.C25H23F3N4O3.C24H28F3N5O2.C21H18F3N5O/c1-13(15-6-4-7-17(20(15)26)21(27)28)30-22-19-12-18(16-8-5-9-29-24(16)36-11-10-34)25(35)33(3)23(19)32-14(2)31-22;1-13(15-6-5-7-16(21(15)26)22(27)28)31-23-18-11-17(25(33)32(2)24(18)30-12-29-23)14-8-9-19(34-3)20(10-14)35-4;1-13(15-6-5-7-16(19(15)25)20(26)27)28-21-17-12-18(24(34)8-10-31(3)11-9-24)23(33)32(4)22(17)30-14(2)29-21;1-11(12-5-3-6-13(17(12)22)18(23)24)28-19-15-9-14(16-7-4-8-25-16)21(30)29(2)20(15)27-10-26-19/h4-9,12-13,21,34H,10-11H2,1-3H3,(H,30,31,32);5-13,22H,1-4H3,(H,29,30,31);5-7,12-13,20,34H,8-11H2,1-4H3,(H,28,29,30);3-11,18,25H,1-2H3,(H,26,27,28)/t3*13-;11-/m1111/s1. The summed E-state index contributed by atoms with van der Waals surface area (Å²) in [7, 11) is 11.3. The molecular formula is C95H93F12N19O9. The smallest absolute Gasteiger partial charge is 0.266 e. The van der Waals surface area contributed by atoms with Crippen LogP contribution in [0.2, 0.25) is 0 Å². The zero-order chi connectivity index (χ0) is 97.5. The molecule has 0 aliphatic carbocycles. The molecule has 15 aromatic rings. The van der Waals surface area contributed by atoms with Gasteiger partial charge in [0.2, 0.25) is 5.88 Å². The molecule has 1 aliphatic rings. The maximum Gasteiger partial charge on any atom is 0.266 e. The van der Waals surface area contributed by atoms with Crippen LogP contribution >= 0.6 is 0 Å². The van der Waals surface area contributed by atoms with Crippen molar-refractivity contribution < 1.29 is 77.1 Å². The van der Waals surface area contributed by atoms with Gasteiger partial charge in [0.25, 0.3) is 47.9 Å². The van der Waals surface area contributed by atoms with E-state index in [-0.39, 0.29) is 74.7 Å². The molecule has 11 heterocycles. The average Bonchev–Trinajstić information content (AvgIpc) is 0.989. The molecule has 0 unspecified atom stereocenters. The third kappa shape index (κ3) is 20.6. The molecule has 10 aromatic heterocycles. The summed E-state index contributed by atoms with van der Waals surface area (Å²) in [6.45, 7) is 10.9. The zero-order valence-corrected chi connectivity index (χ0v) is 75.0. The molecule has 706 valence electrons. The Kier molecular flexibility index (Phi) is 30.2. The summed E-state index contributed by atoms with van der Waals surface area (Å²) in [6.07, 6.45) is -5.12. The molecule has 1 aliphatic heterocycles. The number of nitrogens with one attached hydrogen (secondary N) is 5. The summed E-state index contributed by atoms with van der Waals surface area (Å²) in [5, 5.41) is 34.8. The summed E-state index contributed by atoms with van der Waals surface area (Å²) in [5.74, 6) is -0.707. The first-order valence-corrected chi connectivity index (χ1v) is 42.1. The van der Waals surface area contributed by atoms with Gasteiger partial charge in [0.05, 0.1) is 111 Å². The van der Waals surface area contributed by atoms with Crippen LogP contribution < -0.4 is 57.7 Å². The van der Waals surface area contributed by atoms with Crippen LogP contribution in [0.15, 0.2) is 184 Å². The molecule has 40 heteroatoms. The zero-order valence-electron chi connectivity index (χ0n) is 75.0. The van der Waals surface area contributed by atoms with Crippen LogP contribution in [0.5, 0.6) is 17.4 Å². The number of nitrogens with zero attached hydrogens (tertiary/aromatic N) is 14. The number of methoxy groups -OCH3 is 2. The summed E-state index contributed by atoms with van der Waals surface area (Å²) in [4.78, 5) is 96.1. The van der Waals surface area contributed by atoms with Gasteiger partial charge in [-0.1, -0.05) is 78.9 Å². The molecule has 0 saturated carbocycles. The number of fused-ring (bicyclic) bond motifs is 4. The average molecular weight is 1870 g/mol. The van der Waals surface area contributed by atoms with Gasteiger partial charge in [0.1, 0.15) is 100 Å². The predicted octanol–water partition coefficient (Wildman–Crippen LogP) is 18.0. The molecule has 28 nitrogen and oxygen atoms in total. The predicted molar refractivity (Wildman–Crippen MR) is 487 cm³/mol. The van der Waals surface area contributed by atoms with Crippen molar-refractivity contribution in [1.29, 1.82) is 0 Å². The number of aromatic amines is 1. The van der Waals surface area contributed by atoms with Crippen molar-refractivity contribution in [2.24, 2.45) is 28.2 Å². The number of aryl methyl sites for hydroxylation is 6. The van der Waals surface area contributed by atoms with E-state index in [0.29, 0.717) is 144 Å². The molecule has 0 radical (unpaired) electrons. The summed E-state index contributed by atoms with van der Waals surface area (Å²) >= 11 is 0. The Bertz CT molecular complexity index is 7170. The van der Waals surface area contributed by atoms with Crippen molar-refractivity contribution in [1.82, 2.24) is 73.0 Å². The first kappa shape index (κ1) is 97.8. The van der Waals surface area contributed by atoms with Gasteiger partial charge < -0.3 is 55.6 Å². The normalized spacial score (nSPS) is 13.5. The van der Waals surface area contributed by atoms with Gasteiger partial charge in [-0.2, -0.15) is 0 Å². The highest BCUT2D eigenvalue weighted by atomic mass is 19.3. The van der Waals surface area contributed by atoms with Crippen LogP contribution in [-0.4, -0.2) is 131 Å². The number of pyridine rings is 5. The summed E-state index contributed by atoms with van der Waals surface area (Å²) in [6, 6.07) is 31.2. The minimum absolute atomic E-state index is 0.00617. The van der Waals surface area contributed by atoms with Crippen LogP contribution in [0.1, 0.15) is 152 Å². The van der Waals surface area contributed by atoms with Gasteiger partial charge in [0.15, 0.2) is 11.5 Å². The first-order chi connectivity index (χ1) is 64.4. The summed E-state index contributed by atoms with van der Waals surface area (Å²) in [5.41, 5.74) is -0.559. The molecule has 0 amide bonds. The van der Waals surface area contributed by atoms with E-state index in [9.17, 15) is 77.0 Å². The van der Waals surface area contributed by atoms with Crippen LogP contribution in [0.25, 0.3) is 77.6 Å². The molecule has 135 heavy (non-hydrogen) atoms. The lowest BCUT2D eigenvalue weighted by atomic mass is 9.85. The Labute approximate surface area is 762 Å². The van der Waals surface area contributed by atoms with Crippen molar-refractivity contribution in [3.63, 3.8) is 0 Å². The highest BCUT2D eigenvalue weighted by molar-refractivity contribution is 5.93. The number of anilines is 4. The van der Waals surface area contributed by atoms with Gasteiger partial charge in [-0.15, -0.1) is 0 Å². The van der Waals surface area contributed by atoms with Crippen molar-refractivity contribution in [3.05, 3.63) is 291 Å². The fraction of sp³-hybridized carbons (Fsp3) is 0.295. The SMILES string of the molecule is COc1ccc(-c2cc3c(N[C@H](C)c4cccc(C(F)F)c4F)ncnc3n(C)c2=O)cc1OC.C[C@@H](Nc1ncnc2c1cc(-c1ccc[nH]1)c(=O)n2C)c1cccc(C(F)F)c1F.Cc1nc(N[C@H](C)c2cccc(C(F)F)c2F)c2cc(-c3cccnc3OCCO)c(=O)n(C)c2n1.Cc1nc(N[C@H](C)c2cccc(C(F)F)c2F)c2cc(C3(O)CCN(C)CC3)c(=O)n(C)c2n1. The fourth-order valence-electron chi connectivity index (χ4n) is 15.8. The second kappa shape index (κ2) is 41.6. The number of aliphatic hydroxyl groups excluding tert-OH is 1. The number of likely N-dealkylation sites (tertiary alicyclic amines) is 1. The molecule has 1 fully saturated rings. The van der Waals surface area contributed by atoms with Crippen molar-refractivity contribution in [3.8, 4) is 50.9 Å². The lowest BCUT2D eigenvalue weighted by molar-refractivity contribution is -0.0215. The first-order valence-electron chi connectivity index (χ1n) is 42.1. The minimum Gasteiger partial charge on any atom is -0.493 e. The number of aliphatic hydroxyl groups is 2. The third-order valence-corrected chi connectivity index (χ3v) is 23.1. The van der Waals surface area contributed by atoms with Crippen LogP contribution in [-0.2, 0) is 33.8 Å². The summed E-state index contributed by atoms with van der Waals surface area (Å²) < 4.78 is 186. The van der Waals surface area contributed by atoms with Gasteiger partial charge in [-0.05, 0) is 128 Å². The van der Waals surface area contributed by atoms with Crippen LogP contribution in [0.4, 0.5) is 76.0 Å². The number of alkyl halides is 8. The van der Waals surface area contributed by atoms with Gasteiger partial charge in [-0.25, -0.2) is 97.5 Å².